The molecule has 4 rings (SSSR count). The lowest BCUT2D eigenvalue weighted by molar-refractivity contribution is -0.122. The fraction of sp³-hybridized carbons (Fsp3) is 0.267. The van der Waals surface area contributed by atoms with Crippen molar-refractivity contribution in [1.29, 1.82) is 0 Å². The molecule has 2 aromatic carbocycles. The zero-order chi connectivity index (χ0) is 28.3. The molecule has 2 heterocycles. The maximum atomic E-state index is 13.8. The summed E-state index contributed by atoms with van der Waals surface area (Å²) in [5, 5.41) is 10.1. The van der Waals surface area contributed by atoms with Gasteiger partial charge in [-0.25, -0.2) is 9.37 Å². The van der Waals surface area contributed by atoms with Gasteiger partial charge >= 0.3 is 0 Å². The SMILES string of the molecule is COc1ccc(Sc2cc(Nc3cccc(F)c3)nc(N[C@@H](CC(C)C)C(=O)NCCc3ccccn3)n2)cc1. The van der Waals surface area contributed by atoms with Crippen molar-refractivity contribution in [1.82, 2.24) is 20.3 Å². The number of carbonyl (C=O) groups is 1. The molecular weight excluding hydrogens is 527 g/mol. The van der Waals surface area contributed by atoms with Crippen LogP contribution in [0.5, 0.6) is 5.75 Å². The van der Waals surface area contributed by atoms with Gasteiger partial charge in [0.15, 0.2) is 0 Å². The van der Waals surface area contributed by atoms with Gasteiger partial charge in [-0.2, -0.15) is 4.98 Å². The number of anilines is 3. The van der Waals surface area contributed by atoms with Gasteiger partial charge in [-0.1, -0.05) is 37.7 Å². The first-order chi connectivity index (χ1) is 19.4. The van der Waals surface area contributed by atoms with Gasteiger partial charge in [0, 0.05) is 41.5 Å². The van der Waals surface area contributed by atoms with Gasteiger partial charge in [0.05, 0.1) is 7.11 Å². The monoisotopic (exact) mass is 560 g/mol. The van der Waals surface area contributed by atoms with E-state index >= 15 is 0 Å². The Hall–Kier alpha value is -4.18. The van der Waals surface area contributed by atoms with E-state index in [2.05, 4.69) is 39.8 Å². The molecule has 2 aromatic heterocycles. The van der Waals surface area contributed by atoms with Crippen LogP contribution >= 0.6 is 11.8 Å². The van der Waals surface area contributed by atoms with Crippen molar-refractivity contribution in [2.45, 2.75) is 42.7 Å². The van der Waals surface area contributed by atoms with Gasteiger partial charge in [-0.15, -0.1) is 0 Å². The van der Waals surface area contributed by atoms with Crippen molar-refractivity contribution in [3.63, 3.8) is 0 Å². The van der Waals surface area contributed by atoms with Gasteiger partial charge in [-0.3, -0.25) is 9.78 Å². The molecule has 4 aromatic rings. The number of ether oxygens (including phenoxy) is 1. The van der Waals surface area contributed by atoms with Gasteiger partial charge in [0.2, 0.25) is 11.9 Å². The molecule has 1 amide bonds. The topological polar surface area (TPSA) is 101 Å². The number of nitrogens with one attached hydrogen (secondary N) is 3. The Kier molecular flexibility index (Phi) is 10.3. The zero-order valence-corrected chi connectivity index (χ0v) is 23.5. The normalized spacial score (nSPS) is 11.6. The molecular formula is C30H33FN6O2S. The van der Waals surface area contributed by atoms with Crippen LogP contribution in [0.4, 0.5) is 21.8 Å². The molecule has 0 aliphatic carbocycles. The van der Waals surface area contributed by atoms with Crippen LogP contribution in [-0.4, -0.2) is 40.6 Å². The van der Waals surface area contributed by atoms with Gasteiger partial charge in [0.1, 0.15) is 28.5 Å². The lowest BCUT2D eigenvalue weighted by Gasteiger charge is -2.21. The van der Waals surface area contributed by atoms with Crippen LogP contribution in [0, 0.1) is 11.7 Å². The zero-order valence-electron chi connectivity index (χ0n) is 22.7. The summed E-state index contributed by atoms with van der Waals surface area (Å²) in [7, 11) is 1.62. The molecule has 0 fully saturated rings. The van der Waals surface area contributed by atoms with Crippen LogP contribution in [0.25, 0.3) is 0 Å². The molecule has 10 heteroatoms. The van der Waals surface area contributed by atoms with Crippen molar-refractivity contribution in [3.05, 3.63) is 90.5 Å². The molecule has 0 unspecified atom stereocenters. The third-order valence-electron chi connectivity index (χ3n) is 5.81. The van der Waals surface area contributed by atoms with Crippen molar-refractivity contribution < 1.29 is 13.9 Å². The molecule has 8 nitrogen and oxygen atoms in total. The van der Waals surface area contributed by atoms with Crippen LogP contribution in [0.1, 0.15) is 26.0 Å². The lowest BCUT2D eigenvalue weighted by Crippen LogP contribution is -2.41. The maximum Gasteiger partial charge on any atom is 0.242 e. The maximum absolute atomic E-state index is 13.8. The van der Waals surface area contributed by atoms with Crippen molar-refractivity contribution in [2.75, 3.05) is 24.3 Å². The first kappa shape index (κ1) is 28.8. The average molecular weight is 561 g/mol. The predicted molar refractivity (Wildman–Crippen MR) is 157 cm³/mol. The summed E-state index contributed by atoms with van der Waals surface area (Å²) in [4.78, 5) is 27.8. The largest absolute Gasteiger partial charge is 0.497 e. The highest BCUT2D eigenvalue weighted by molar-refractivity contribution is 7.99. The third kappa shape index (κ3) is 8.94. The number of hydrogen-bond donors (Lipinski definition) is 3. The van der Waals surface area contributed by atoms with E-state index in [1.165, 1.54) is 23.9 Å². The number of pyridine rings is 1. The molecule has 3 N–H and O–H groups in total. The number of aromatic nitrogens is 3. The minimum atomic E-state index is -0.549. The van der Waals surface area contributed by atoms with E-state index in [0.717, 1.165) is 16.3 Å². The second-order valence-corrected chi connectivity index (χ2v) is 10.6. The van der Waals surface area contributed by atoms with Gasteiger partial charge in [-0.05, 0) is 66.9 Å². The van der Waals surface area contributed by atoms with Gasteiger partial charge in [0.25, 0.3) is 0 Å². The molecule has 0 spiro atoms. The third-order valence-corrected chi connectivity index (χ3v) is 6.74. The highest BCUT2D eigenvalue weighted by atomic mass is 32.2. The summed E-state index contributed by atoms with van der Waals surface area (Å²) in [5.74, 6) is 1.28. The second-order valence-electron chi connectivity index (χ2n) is 9.52. The van der Waals surface area contributed by atoms with E-state index in [9.17, 15) is 9.18 Å². The lowest BCUT2D eigenvalue weighted by atomic mass is 10.0. The molecule has 40 heavy (non-hydrogen) atoms. The quantitative estimate of drug-likeness (QED) is 0.169. The van der Waals surface area contributed by atoms with Crippen LogP contribution in [0.2, 0.25) is 0 Å². The molecule has 0 radical (unpaired) electrons. The summed E-state index contributed by atoms with van der Waals surface area (Å²) in [6, 6.07) is 20.7. The summed E-state index contributed by atoms with van der Waals surface area (Å²) < 4.78 is 19.1. The standard InChI is InChI=1S/C30H33FN6O2S/c1-20(2)17-26(29(38)33-16-14-22-8-4-5-15-32-22)35-30-36-27(34-23-9-6-7-21(31)18-23)19-28(37-30)40-25-12-10-24(39-3)11-13-25/h4-13,15,18-20,26H,14,16-17H2,1-3H3,(H,33,38)(H2,34,35,36,37)/t26-/m0/s1. The Morgan fingerprint density at radius 2 is 1.85 bits per heavy atom. The Morgan fingerprint density at radius 3 is 2.55 bits per heavy atom. The van der Waals surface area contributed by atoms with Gasteiger partial charge < -0.3 is 20.7 Å². The smallest absolute Gasteiger partial charge is 0.242 e. The van der Waals surface area contributed by atoms with Crippen molar-refractivity contribution >= 4 is 35.1 Å². The molecule has 0 aliphatic heterocycles. The minimum Gasteiger partial charge on any atom is -0.497 e. The highest BCUT2D eigenvalue weighted by Gasteiger charge is 2.21. The summed E-state index contributed by atoms with van der Waals surface area (Å²) >= 11 is 1.44. The molecule has 0 bridgehead atoms. The fourth-order valence-electron chi connectivity index (χ4n) is 3.93. The van der Waals surface area contributed by atoms with Crippen molar-refractivity contribution in [3.8, 4) is 5.75 Å². The second kappa shape index (κ2) is 14.3. The predicted octanol–water partition coefficient (Wildman–Crippen LogP) is 6.10. The Balaban J connectivity index is 1.55. The molecule has 208 valence electrons. The van der Waals surface area contributed by atoms with Crippen LogP contribution in [0.15, 0.2) is 88.9 Å². The summed E-state index contributed by atoms with van der Waals surface area (Å²) in [6.07, 6.45) is 2.96. The summed E-state index contributed by atoms with van der Waals surface area (Å²) in [5.41, 5.74) is 1.46. The van der Waals surface area contributed by atoms with Crippen LogP contribution in [0.3, 0.4) is 0 Å². The molecule has 1 atom stereocenters. The molecule has 0 saturated carbocycles. The van der Waals surface area contributed by atoms with E-state index in [1.807, 2.05) is 42.5 Å². The van der Waals surface area contributed by atoms with E-state index in [4.69, 9.17) is 9.72 Å². The first-order valence-corrected chi connectivity index (χ1v) is 13.9. The average Bonchev–Trinajstić information content (AvgIpc) is 2.93. The van der Waals surface area contributed by atoms with Crippen molar-refractivity contribution in [2.24, 2.45) is 5.92 Å². The Labute approximate surface area is 238 Å². The fourth-order valence-corrected chi connectivity index (χ4v) is 4.74. The van der Waals surface area contributed by atoms with E-state index in [0.29, 0.717) is 41.9 Å². The van der Waals surface area contributed by atoms with E-state index in [1.54, 1.807) is 31.5 Å². The number of methoxy groups -OCH3 is 1. The number of rotatable bonds is 13. The summed E-state index contributed by atoms with van der Waals surface area (Å²) in [6.45, 7) is 4.58. The minimum absolute atomic E-state index is 0.138. The number of carbonyl (C=O) groups excluding carboxylic acids is 1. The Bertz CT molecular complexity index is 1390. The van der Waals surface area contributed by atoms with E-state index in [-0.39, 0.29) is 17.6 Å². The number of hydrogen-bond acceptors (Lipinski definition) is 8. The van der Waals surface area contributed by atoms with Crippen LogP contribution in [-0.2, 0) is 11.2 Å². The first-order valence-electron chi connectivity index (χ1n) is 13.1. The number of benzene rings is 2. The van der Waals surface area contributed by atoms with E-state index < -0.39 is 6.04 Å². The molecule has 0 aliphatic rings. The molecule has 0 saturated heterocycles. The van der Waals surface area contributed by atoms with Crippen LogP contribution < -0.4 is 20.7 Å². The highest BCUT2D eigenvalue weighted by Crippen LogP contribution is 2.31. The number of halogens is 1. The number of amides is 1. The Morgan fingerprint density at radius 1 is 1.02 bits per heavy atom. The number of nitrogens with zero attached hydrogens (tertiary/aromatic N) is 3.